The number of rotatable bonds is 3. The van der Waals surface area contributed by atoms with Gasteiger partial charge in [-0.3, -0.25) is 14.4 Å². The number of ether oxygens (including phenoxy) is 1. The van der Waals surface area contributed by atoms with Crippen LogP contribution in [-0.2, 0) is 14.3 Å². The summed E-state index contributed by atoms with van der Waals surface area (Å²) in [5, 5.41) is 20.1. The highest BCUT2D eigenvalue weighted by molar-refractivity contribution is 7.12. The van der Waals surface area contributed by atoms with E-state index >= 15 is 0 Å². The van der Waals surface area contributed by atoms with Gasteiger partial charge in [-0.1, -0.05) is 43.3 Å². The summed E-state index contributed by atoms with van der Waals surface area (Å²) < 4.78 is 4.12. The number of hydrogen-bond donors (Lipinski definition) is 1. The molecule has 33 heavy (non-hydrogen) atoms. The molecule has 0 aromatic carbocycles. The molecule has 4 rings (SSSR count). The van der Waals surface area contributed by atoms with Crippen molar-refractivity contribution in [1.82, 2.24) is 0 Å². The summed E-state index contributed by atoms with van der Waals surface area (Å²) in [5.41, 5.74) is 0. The number of aldehydes is 1. The standard InChI is InChI=1S/C5H8O3.C5H4O2S.C5H4OS.2C4H4S/c1-3-5(7)8-4(2)6;6-5(7)4-2-1-3-8-4;6-4-5-2-1-3-7-5;2*1-2-4-5-3-1/h3H2,1-2H3;1-3H,(H,6,7);1-4H;2*1-4H. The van der Waals surface area contributed by atoms with E-state index in [1.807, 2.05) is 57.2 Å². The van der Waals surface area contributed by atoms with Crippen LogP contribution in [0.15, 0.2) is 80.8 Å². The van der Waals surface area contributed by atoms with Crippen LogP contribution in [0.5, 0.6) is 0 Å². The van der Waals surface area contributed by atoms with Gasteiger partial charge in [0, 0.05) is 13.3 Å². The van der Waals surface area contributed by atoms with Crippen LogP contribution in [0, 0.1) is 0 Å². The highest BCUT2D eigenvalue weighted by Gasteiger charge is 2.00. The molecule has 0 fully saturated rings. The minimum absolute atomic E-state index is 0.250. The summed E-state index contributed by atoms with van der Waals surface area (Å²) in [5.74, 6) is -1.87. The predicted octanol–water partition coefficient (Wildman–Crippen LogP) is 6.99. The quantitative estimate of drug-likeness (QED) is 0.176. The van der Waals surface area contributed by atoms with E-state index in [1.165, 1.54) is 29.6 Å². The van der Waals surface area contributed by atoms with Crippen molar-refractivity contribution in [3.05, 3.63) is 90.6 Å². The lowest BCUT2D eigenvalue weighted by molar-refractivity contribution is -0.157. The molecule has 0 spiro atoms. The maximum atomic E-state index is 10.2. The van der Waals surface area contributed by atoms with Gasteiger partial charge in [-0.15, -0.1) is 22.7 Å². The molecule has 0 aliphatic rings. The van der Waals surface area contributed by atoms with Crippen LogP contribution >= 0.6 is 45.3 Å². The molecular formula is C23H24O6S4. The minimum Gasteiger partial charge on any atom is -0.477 e. The Kier molecular flexibility index (Phi) is 19.1. The van der Waals surface area contributed by atoms with Crippen LogP contribution in [0.4, 0.5) is 0 Å². The van der Waals surface area contributed by atoms with Gasteiger partial charge in [0.05, 0.1) is 4.88 Å². The SMILES string of the molecule is CCC(=O)OC(C)=O.O=C(O)c1cccs1.O=Cc1cccs1.c1ccsc1.c1ccsc1. The summed E-state index contributed by atoms with van der Waals surface area (Å²) in [7, 11) is 0. The average molecular weight is 525 g/mol. The molecule has 176 valence electrons. The first kappa shape index (κ1) is 30.1. The Morgan fingerprint density at radius 3 is 1.55 bits per heavy atom. The van der Waals surface area contributed by atoms with Gasteiger partial charge in [-0.25, -0.2) is 4.79 Å². The van der Waals surface area contributed by atoms with Crippen LogP contribution in [0.2, 0.25) is 0 Å². The van der Waals surface area contributed by atoms with Gasteiger partial charge >= 0.3 is 17.9 Å². The third-order valence-electron chi connectivity index (χ3n) is 2.79. The number of aromatic carboxylic acids is 1. The Labute approximate surface area is 208 Å². The lowest BCUT2D eigenvalue weighted by atomic mass is 10.5. The zero-order valence-corrected chi connectivity index (χ0v) is 21.3. The fourth-order valence-corrected chi connectivity index (χ4v) is 3.44. The van der Waals surface area contributed by atoms with Crippen molar-refractivity contribution in [1.29, 1.82) is 0 Å². The topological polar surface area (TPSA) is 97.7 Å². The Morgan fingerprint density at radius 1 is 0.848 bits per heavy atom. The van der Waals surface area contributed by atoms with Gasteiger partial charge in [0.2, 0.25) is 0 Å². The van der Waals surface area contributed by atoms with E-state index in [2.05, 4.69) is 4.74 Å². The van der Waals surface area contributed by atoms with Gasteiger partial charge in [-0.05, 0) is 44.4 Å². The first-order chi connectivity index (χ1) is 15.9. The molecule has 0 saturated heterocycles. The second kappa shape index (κ2) is 21.0. The smallest absolute Gasteiger partial charge is 0.345 e. The summed E-state index contributed by atoms with van der Waals surface area (Å²) in [6, 6.07) is 15.0. The van der Waals surface area contributed by atoms with E-state index in [4.69, 9.17) is 5.11 Å². The number of carboxylic acid groups (broad SMARTS) is 1. The molecule has 0 atom stereocenters. The molecule has 0 amide bonds. The molecule has 0 bridgehead atoms. The van der Waals surface area contributed by atoms with E-state index in [0.29, 0.717) is 4.88 Å². The second-order valence-electron chi connectivity index (χ2n) is 5.32. The van der Waals surface area contributed by atoms with Crippen LogP contribution in [0.1, 0.15) is 39.6 Å². The number of esters is 2. The van der Waals surface area contributed by atoms with Crippen molar-refractivity contribution in [3.63, 3.8) is 0 Å². The molecule has 0 aliphatic heterocycles. The van der Waals surface area contributed by atoms with Crippen LogP contribution in [0.3, 0.4) is 0 Å². The van der Waals surface area contributed by atoms with Crippen molar-refractivity contribution in [2.24, 2.45) is 0 Å². The van der Waals surface area contributed by atoms with Crippen molar-refractivity contribution in [2.45, 2.75) is 20.3 Å². The fourth-order valence-electron chi connectivity index (χ4n) is 1.44. The van der Waals surface area contributed by atoms with Crippen molar-refractivity contribution < 1.29 is 29.0 Å². The number of hydrogen-bond acceptors (Lipinski definition) is 9. The van der Waals surface area contributed by atoms with Crippen LogP contribution in [0.25, 0.3) is 0 Å². The van der Waals surface area contributed by atoms with Crippen molar-refractivity contribution in [2.75, 3.05) is 0 Å². The maximum absolute atomic E-state index is 10.2. The lowest BCUT2D eigenvalue weighted by Crippen LogP contribution is -2.06. The molecule has 10 heteroatoms. The van der Waals surface area contributed by atoms with Crippen LogP contribution in [-0.4, -0.2) is 29.3 Å². The number of carbonyl (C=O) groups is 4. The van der Waals surface area contributed by atoms with E-state index in [9.17, 15) is 19.2 Å². The van der Waals surface area contributed by atoms with Gasteiger partial charge in [0.1, 0.15) is 4.88 Å². The summed E-state index contributed by atoms with van der Waals surface area (Å²) in [6.07, 6.45) is 1.10. The molecule has 0 saturated carbocycles. The van der Waals surface area contributed by atoms with Crippen molar-refractivity contribution >= 4 is 69.5 Å². The highest BCUT2D eigenvalue weighted by Crippen LogP contribution is 2.06. The molecule has 0 aliphatic carbocycles. The zero-order valence-electron chi connectivity index (χ0n) is 18.0. The molecule has 4 heterocycles. The highest BCUT2D eigenvalue weighted by atomic mass is 32.1. The van der Waals surface area contributed by atoms with Crippen LogP contribution < -0.4 is 0 Å². The number of thiophene rings is 4. The minimum atomic E-state index is -0.847. The Morgan fingerprint density at radius 2 is 1.36 bits per heavy atom. The molecule has 0 unspecified atom stereocenters. The fraction of sp³-hybridized carbons (Fsp3) is 0.130. The number of carboxylic acids is 1. The maximum Gasteiger partial charge on any atom is 0.345 e. The van der Waals surface area contributed by atoms with Gasteiger partial charge in [-0.2, -0.15) is 22.7 Å². The van der Waals surface area contributed by atoms with E-state index in [0.717, 1.165) is 11.2 Å². The Balaban J connectivity index is 0.000000392. The second-order valence-corrected chi connectivity index (χ2v) is 8.88. The first-order valence-corrected chi connectivity index (χ1v) is 13.0. The summed E-state index contributed by atoms with van der Waals surface area (Å²) in [4.78, 5) is 41.3. The first-order valence-electron chi connectivity index (χ1n) is 9.31. The summed E-state index contributed by atoms with van der Waals surface area (Å²) >= 11 is 6.11. The third kappa shape index (κ3) is 19.5. The molecule has 4 aromatic rings. The monoisotopic (exact) mass is 524 g/mol. The predicted molar refractivity (Wildman–Crippen MR) is 137 cm³/mol. The Hall–Kier alpha value is -2.92. The molecule has 6 nitrogen and oxygen atoms in total. The molecule has 1 N–H and O–H groups in total. The largest absolute Gasteiger partial charge is 0.477 e. The zero-order chi connectivity index (χ0) is 24.7. The molecular weight excluding hydrogens is 501 g/mol. The Bertz CT molecular complexity index is 900. The summed E-state index contributed by atoms with van der Waals surface area (Å²) in [6.45, 7) is 2.83. The normalized spacial score (nSPS) is 8.42. The molecule has 0 radical (unpaired) electrons. The lowest BCUT2D eigenvalue weighted by Gasteiger charge is -1.92. The van der Waals surface area contributed by atoms with E-state index in [1.54, 1.807) is 53.2 Å². The molecule has 4 aromatic heterocycles. The van der Waals surface area contributed by atoms with Crippen molar-refractivity contribution in [3.8, 4) is 0 Å². The number of carbonyl (C=O) groups excluding carboxylic acids is 3. The van der Waals surface area contributed by atoms with E-state index in [-0.39, 0.29) is 6.42 Å². The van der Waals surface area contributed by atoms with Gasteiger partial charge in [0.15, 0.2) is 6.29 Å². The van der Waals surface area contributed by atoms with Gasteiger partial charge < -0.3 is 9.84 Å². The van der Waals surface area contributed by atoms with E-state index < -0.39 is 17.9 Å². The van der Waals surface area contributed by atoms with Gasteiger partial charge in [0.25, 0.3) is 0 Å². The third-order valence-corrected chi connectivity index (χ3v) is 5.70. The average Bonchev–Trinajstić information content (AvgIpc) is 3.65.